The molecule has 0 spiro atoms. The first kappa shape index (κ1) is 19.4. The summed E-state index contributed by atoms with van der Waals surface area (Å²) in [4.78, 5) is 4.67. The van der Waals surface area contributed by atoms with Crippen LogP contribution in [0.4, 0.5) is 5.69 Å². The van der Waals surface area contributed by atoms with Crippen LogP contribution in [0.25, 0.3) is 6.08 Å². The van der Waals surface area contributed by atoms with Crippen molar-refractivity contribution in [1.82, 2.24) is 0 Å². The Morgan fingerprint density at radius 3 is 2.62 bits per heavy atom. The number of nitrogens with one attached hydrogen (secondary N) is 1. The van der Waals surface area contributed by atoms with Crippen LogP contribution in [0.1, 0.15) is 22.3 Å². The van der Waals surface area contributed by atoms with Crippen LogP contribution in [0.2, 0.25) is 5.02 Å². The van der Waals surface area contributed by atoms with Gasteiger partial charge in [0.1, 0.15) is 0 Å². The summed E-state index contributed by atoms with van der Waals surface area (Å²) in [5, 5.41) is 1.88. The van der Waals surface area contributed by atoms with Crippen molar-refractivity contribution in [2.75, 3.05) is 11.3 Å². The van der Waals surface area contributed by atoms with Crippen molar-refractivity contribution in [2.24, 2.45) is 4.99 Å². The molecule has 0 saturated carbocycles. The molecule has 1 heterocycles. The number of fused-ring (bicyclic) bond motifs is 1. The van der Waals surface area contributed by atoms with Crippen LogP contribution in [0, 0.1) is 0 Å². The maximum atomic E-state index is 12.5. The van der Waals surface area contributed by atoms with Gasteiger partial charge in [-0.15, -0.1) is 0 Å². The summed E-state index contributed by atoms with van der Waals surface area (Å²) in [6, 6.07) is 22.4. The summed E-state index contributed by atoms with van der Waals surface area (Å²) in [6.45, 7) is 0.679. The van der Waals surface area contributed by atoms with Crippen LogP contribution in [0.5, 0.6) is 0 Å². The highest BCUT2D eigenvalue weighted by atomic mass is 35.5. The molecule has 3 aromatic rings. The first-order chi connectivity index (χ1) is 14.0. The lowest BCUT2D eigenvalue weighted by Crippen LogP contribution is -2.15. The van der Waals surface area contributed by atoms with Crippen LogP contribution >= 0.6 is 11.6 Å². The van der Waals surface area contributed by atoms with Gasteiger partial charge < -0.3 is 0 Å². The van der Waals surface area contributed by atoms with E-state index in [1.54, 1.807) is 18.2 Å². The van der Waals surface area contributed by atoms with E-state index in [2.05, 4.69) is 9.71 Å². The molecular weight excluding hydrogens is 404 g/mol. The number of aliphatic imine (C=N–C) groups is 1. The summed E-state index contributed by atoms with van der Waals surface area (Å²) in [6.07, 6.45) is 2.41. The number of halogens is 1. The molecule has 4 rings (SSSR count). The Kier molecular flexibility index (Phi) is 5.51. The summed E-state index contributed by atoms with van der Waals surface area (Å²) < 4.78 is 27.5. The number of anilines is 1. The van der Waals surface area contributed by atoms with Gasteiger partial charge in [0, 0.05) is 28.4 Å². The third-order valence-electron chi connectivity index (χ3n) is 4.61. The smallest absolute Gasteiger partial charge is 0.255 e. The highest BCUT2D eigenvalue weighted by Gasteiger charge is 2.17. The van der Waals surface area contributed by atoms with E-state index in [9.17, 15) is 8.42 Å². The van der Waals surface area contributed by atoms with Crippen LogP contribution in [-0.2, 0) is 16.4 Å². The van der Waals surface area contributed by atoms with E-state index in [0.29, 0.717) is 17.3 Å². The second-order valence-electron chi connectivity index (χ2n) is 6.72. The van der Waals surface area contributed by atoms with E-state index in [4.69, 9.17) is 11.6 Å². The molecule has 146 valence electrons. The van der Waals surface area contributed by atoms with Crippen LogP contribution in [0.15, 0.2) is 83.2 Å². The molecule has 0 amide bonds. The fraction of sp³-hybridized carbons (Fsp3) is 0.0870. The minimum Gasteiger partial charge on any atom is -0.284 e. The summed E-state index contributed by atoms with van der Waals surface area (Å²) in [5.74, 6) is 0. The number of hydrogen-bond acceptors (Lipinski definition) is 3. The maximum absolute atomic E-state index is 12.5. The van der Waals surface area contributed by atoms with Crippen molar-refractivity contribution >= 4 is 39.1 Å². The predicted octanol–water partition coefficient (Wildman–Crippen LogP) is 5.15. The summed E-state index contributed by atoms with van der Waals surface area (Å²) in [5.41, 5.74) is 5.20. The average Bonchev–Trinajstić information content (AvgIpc) is 2.72. The van der Waals surface area contributed by atoms with Gasteiger partial charge in [0.05, 0.1) is 11.1 Å². The lowest BCUT2D eigenvalue weighted by atomic mass is 9.93. The minimum atomic E-state index is -3.63. The lowest BCUT2D eigenvalue weighted by molar-refractivity contribution is 0.609. The van der Waals surface area contributed by atoms with E-state index in [1.165, 1.54) is 5.41 Å². The molecule has 0 aromatic heterocycles. The third-order valence-corrected chi connectivity index (χ3v) is 5.86. The Balaban J connectivity index is 1.58. The number of hydrogen-bond donors (Lipinski definition) is 1. The van der Waals surface area contributed by atoms with Crippen molar-refractivity contribution in [3.8, 4) is 0 Å². The predicted molar refractivity (Wildman–Crippen MR) is 120 cm³/mol. The topological polar surface area (TPSA) is 58.5 Å². The van der Waals surface area contributed by atoms with Gasteiger partial charge in [-0.1, -0.05) is 60.1 Å². The molecule has 0 aliphatic carbocycles. The van der Waals surface area contributed by atoms with Crippen LogP contribution in [-0.4, -0.2) is 20.7 Å². The van der Waals surface area contributed by atoms with Gasteiger partial charge in [0.15, 0.2) is 0 Å². The Labute approximate surface area is 175 Å². The van der Waals surface area contributed by atoms with Gasteiger partial charge in [0.25, 0.3) is 10.0 Å². The minimum absolute atomic E-state index is 0.490. The van der Waals surface area contributed by atoms with E-state index in [0.717, 1.165) is 34.4 Å². The first-order valence-electron chi connectivity index (χ1n) is 9.20. The second-order valence-corrected chi connectivity index (χ2v) is 8.73. The second kappa shape index (κ2) is 8.23. The molecule has 0 saturated heterocycles. The van der Waals surface area contributed by atoms with E-state index < -0.39 is 10.0 Å². The van der Waals surface area contributed by atoms with E-state index >= 15 is 0 Å². The Bertz CT molecular complexity index is 1200. The molecule has 3 aromatic carbocycles. The van der Waals surface area contributed by atoms with Gasteiger partial charge in [0.2, 0.25) is 0 Å². The molecule has 6 heteroatoms. The quantitative estimate of drug-likeness (QED) is 0.618. The molecule has 1 N–H and O–H groups in total. The van der Waals surface area contributed by atoms with E-state index in [-0.39, 0.29) is 0 Å². The highest BCUT2D eigenvalue weighted by molar-refractivity contribution is 7.95. The van der Waals surface area contributed by atoms with Crippen molar-refractivity contribution in [3.05, 3.63) is 105 Å². The van der Waals surface area contributed by atoms with Crippen molar-refractivity contribution in [3.63, 3.8) is 0 Å². The van der Waals surface area contributed by atoms with E-state index in [1.807, 2.05) is 60.7 Å². The average molecular weight is 423 g/mol. The molecule has 0 unspecified atom stereocenters. The zero-order valence-corrected chi connectivity index (χ0v) is 17.1. The third kappa shape index (κ3) is 4.75. The molecule has 4 nitrogen and oxygen atoms in total. The molecule has 0 fully saturated rings. The van der Waals surface area contributed by atoms with Gasteiger partial charge in [-0.25, -0.2) is 8.42 Å². The molecular formula is C23H19ClN2O2S. The van der Waals surface area contributed by atoms with Gasteiger partial charge >= 0.3 is 0 Å². The SMILES string of the molecule is O=S(=O)(C=Cc1ccccc1)Nc1cccc(C2=NCCc3cc(Cl)ccc32)c1. The van der Waals surface area contributed by atoms with Gasteiger partial charge in [-0.2, -0.15) is 0 Å². The van der Waals surface area contributed by atoms with Gasteiger partial charge in [-0.05, 0) is 47.9 Å². The molecule has 0 bridgehead atoms. The zero-order chi connectivity index (χ0) is 20.3. The Hall–Kier alpha value is -2.89. The number of nitrogens with zero attached hydrogens (tertiary/aromatic N) is 1. The normalized spacial score (nSPS) is 13.8. The molecule has 1 aliphatic rings. The molecule has 29 heavy (non-hydrogen) atoms. The fourth-order valence-corrected chi connectivity index (χ4v) is 4.34. The van der Waals surface area contributed by atoms with Crippen molar-refractivity contribution < 1.29 is 8.42 Å². The Morgan fingerprint density at radius 2 is 1.79 bits per heavy atom. The zero-order valence-electron chi connectivity index (χ0n) is 15.5. The monoisotopic (exact) mass is 422 g/mol. The molecule has 0 atom stereocenters. The number of benzene rings is 3. The Morgan fingerprint density at radius 1 is 0.966 bits per heavy atom. The largest absolute Gasteiger partial charge is 0.284 e. The molecule has 1 aliphatic heterocycles. The van der Waals surface area contributed by atoms with Crippen molar-refractivity contribution in [1.29, 1.82) is 0 Å². The molecule has 0 radical (unpaired) electrons. The maximum Gasteiger partial charge on any atom is 0.255 e. The van der Waals surface area contributed by atoms with Crippen LogP contribution < -0.4 is 4.72 Å². The standard InChI is InChI=1S/C23H19ClN2O2S/c24-20-9-10-22-18(15-20)11-13-25-23(22)19-7-4-8-21(16-19)26-29(27,28)14-12-17-5-2-1-3-6-17/h1-10,12,14-16,26H,11,13H2. The van der Waals surface area contributed by atoms with Gasteiger partial charge in [-0.3, -0.25) is 9.71 Å². The number of sulfonamides is 1. The van der Waals surface area contributed by atoms with Crippen LogP contribution in [0.3, 0.4) is 0 Å². The van der Waals surface area contributed by atoms with Crippen molar-refractivity contribution in [2.45, 2.75) is 6.42 Å². The highest BCUT2D eigenvalue weighted by Crippen LogP contribution is 2.25. The summed E-state index contributed by atoms with van der Waals surface area (Å²) in [7, 11) is -3.63. The summed E-state index contributed by atoms with van der Waals surface area (Å²) >= 11 is 6.12. The number of rotatable bonds is 5. The fourth-order valence-electron chi connectivity index (χ4n) is 3.28. The first-order valence-corrected chi connectivity index (χ1v) is 11.1. The lowest BCUT2D eigenvalue weighted by Gasteiger charge is -2.18.